The van der Waals surface area contributed by atoms with Crippen LogP contribution in [-0.2, 0) is 16.5 Å². The molecule has 0 saturated carbocycles. The molecule has 0 aliphatic carbocycles. The second kappa shape index (κ2) is 6.11. The smallest absolute Gasteiger partial charge is 0.417 e. The van der Waals surface area contributed by atoms with Crippen LogP contribution in [0.1, 0.15) is 44.7 Å². The monoisotopic (exact) mass is 375 g/mol. The number of hydrogen-bond donors (Lipinski definition) is 0. The zero-order chi connectivity index (χ0) is 19.2. The first-order chi connectivity index (χ1) is 12.8. The van der Waals surface area contributed by atoms with Crippen molar-refractivity contribution in [1.82, 2.24) is 4.90 Å². The highest BCUT2D eigenvalue weighted by Crippen LogP contribution is 2.44. The normalized spacial score (nSPS) is 18.3. The van der Waals surface area contributed by atoms with Crippen molar-refractivity contribution in [3.8, 4) is 0 Å². The summed E-state index contributed by atoms with van der Waals surface area (Å²) in [6.45, 7) is 0.430. The molecule has 2 aliphatic heterocycles. The summed E-state index contributed by atoms with van der Waals surface area (Å²) in [6, 6.07) is 11.9. The third-order valence-corrected chi connectivity index (χ3v) is 5.25. The first kappa shape index (κ1) is 17.6. The molecule has 1 spiro atoms. The predicted octanol–water partition coefficient (Wildman–Crippen LogP) is 4.01. The quantitative estimate of drug-likeness (QED) is 0.708. The van der Waals surface area contributed by atoms with Crippen LogP contribution in [0.25, 0.3) is 0 Å². The van der Waals surface area contributed by atoms with E-state index in [1.807, 2.05) is 12.1 Å². The zero-order valence-corrected chi connectivity index (χ0v) is 14.3. The molecular formula is C20H16F3NO3. The molecule has 27 heavy (non-hydrogen) atoms. The van der Waals surface area contributed by atoms with E-state index in [9.17, 15) is 22.8 Å². The number of carbonyl (C=O) groups is 2. The third kappa shape index (κ3) is 2.87. The van der Waals surface area contributed by atoms with Crippen molar-refractivity contribution in [3.05, 3.63) is 70.8 Å². The molecular weight excluding hydrogens is 359 g/mol. The lowest BCUT2D eigenvalue weighted by Gasteiger charge is -2.38. The van der Waals surface area contributed by atoms with Crippen LogP contribution in [0.2, 0.25) is 0 Å². The number of rotatable bonds is 1. The summed E-state index contributed by atoms with van der Waals surface area (Å²) in [5, 5.41) is 0. The van der Waals surface area contributed by atoms with Gasteiger partial charge in [0.25, 0.3) is 5.91 Å². The average molecular weight is 375 g/mol. The molecule has 0 atom stereocenters. The van der Waals surface area contributed by atoms with E-state index in [1.54, 1.807) is 12.1 Å². The van der Waals surface area contributed by atoms with Crippen LogP contribution in [0.5, 0.6) is 0 Å². The van der Waals surface area contributed by atoms with Gasteiger partial charge in [-0.05, 0) is 18.2 Å². The van der Waals surface area contributed by atoms with Gasteiger partial charge in [0.15, 0.2) is 0 Å². The number of likely N-dealkylation sites (tertiary alicyclic amines) is 1. The fourth-order valence-corrected chi connectivity index (χ4v) is 3.88. The Morgan fingerprint density at radius 1 is 1.00 bits per heavy atom. The molecule has 4 nitrogen and oxygen atoms in total. The summed E-state index contributed by atoms with van der Waals surface area (Å²) < 4.78 is 45.2. The van der Waals surface area contributed by atoms with Crippen LogP contribution in [0.15, 0.2) is 48.5 Å². The number of amides is 1. The highest BCUT2D eigenvalue weighted by Gasteiger charge is 2.48. The van der Waals surface area contributed by atoms with Gasteiger partial charge in [0.1, 0.15) is 5.60 Å². The van der Waals surface area contributed by atoms with Crippen molar-refractivity contribution in [3.63, 3.8) is 0 Å². The molecule has 7 heteroatoms. The van der Waals surface area contributed by atoms with Crippen molar-refractivity contribution in [2.24, 2.45) is 0 Å². The van der Waals surface area contributed by atoms with Crippen LogP contribution in [0.4, 0.5) is 13.2 Å². The van der Waals surface area contributed by atoms with Gasteiger partial charge in [0.05, 0.1) is 16.7 Å². The standard InChI is InChI=1S/C20H16F3NO3/c21-20(22,23)16-8-4-1-5-13(16)17(25)24-11-9-19(10-12-24)15-7-3-2-6-14(15)18(26)27-19/h1-8H,9-12H2. The molecule has 2 aromatic rings. The molecule has 2 aliphatic rings. The van der Waals surface area contributed by atoms with E-state index in [0.717, 1.165) is 11.6 Å². The number of ether oxygens (including phenoxy) is 1. The highest BCUT2D eigenvalue weighted by atomic mass is 19.4. The number of halogens is 3. The molecule has 1 saturated heterocycles. The Kier molecular flexibility index (Phi) is 3.98. The maximum Gasteiger partial charge on any atom is 0.417 e. The summed E-state index contributed by atoms with van der Waals surface area (Å²) >= 11 is 0. The van der Waals surface area contributed by atoms with Gasteiger partial charge in [-0.25, -0.2) is 4.79 Å². The minimum absolute atomic E-state index is 0.215. The van der Waals surface area contributed by atoms with Gasteiger partial charge in [-0.1, -0.05) is 30.3 Å². The zero-order valence-electron chi connectivity index (χ0n) is 14.3. The van der Waals surface area contributed by atoms with Gasteiger partial charge in [-0.2, -0.15) is 13.2 Å². The number of nitrogens with zero attached hydrogens (tertiary/aromatic N) is 1. The lowest BCUT2D eigenvalue weighted by atomic mass is 9.83. The maximum absolute atomic E-state index is 13.2. The number of benzene rings is 2. The van der Waals surface area contributed by atoms with Crippen molar-refractivity contribution >= 4 is 11.9 Å². The number of fused-ring (bicyclic) bond motifs is 2. The largest absolute Gasteiger partial charge is 0.450 e. The second-order valence-corrected chi connectivity index (χ2v) is 6.76. The molecule has 1 amide bonds. The molecule has 1 fully saturated rings. The van der Waals surface area contributed by atoms with Gasteiger partial charge in [-0.3, -0.25) is 4.79 Å². The molecule has 0 bridgehead atoms. The van der Waals surface area contributed by atoms with Crippen LogP contribution < -0.4 is 0 Å². The van der Waals surface area contributed by atoms with E-state index in [2.05, 4.69) is 0 Å². The molecule has 0 radical (unpaired) electrons. The summed E-state index contributed by atoms with van der Waals surface area (Å²) in [5.74, 6) is -1.05. The maximum atomic E-state index is 13.2. The van der Waals surface area contributed by atoms with Gasteiger partial charge >= 0.3 is 12.1 Å². The first-order valence-corrected chi connectivity index (χ1v) is 8.60. The summed E-state index contributed by atoms with van der Waals surface area (Å²) in [4.78, 5) is 26.2. The molecule has 140 valence electrons. The average Bonchev–Trinajstić information content (AvgIpc) is 2.93. The van der Waals surface area contributed by atoms with Crippen molar-refractivity contribution < 1.29 is 27.5 Å². The van der Waals surface area contributed by atoms with Gasteiger partial charge in [0.2, 0.25) is 0 Å². The Hall–Kier alpha value is -2.83. The number of hydrogen-bond acceptors (Lipinski definition) is 3. The molecule has 0 unspecified atom stereocenters. The Morgan fingerprint density at radius 3 is 2.33 bits per heavy atom. The number of alkyl halides is 3. The lowest BCUT2D eigenvalue weighted by molar-refractivity contribution is -0.138. The first-order valence-electron chi connectivity index (χ1n) is 8.60. The Morgan fingerprint density at radius 2 is 1.63 bits per heavy atom. The summed E-state index contributed by atoms with van der Waals surface area (Å²) in [7, 11) is 0. The molecule has 0 aromatic heterocycles. The van der Waals surface area contributed by atoms with Gasteiger partial charge in [0, 0.05) is 31.5 Å². The fourth-order valence-electron chi connectivity index (χ4n) is 3.88. The van der Waals surface area contributed by atoms with E-state index < -0.39 is 29.2 Å². The van der Waals surface area contributed by atoms with Crippen LogP contribution in [0.3, 0.4) is 0 Å². The minimum Gasteiger partial charge on any atom is -0.450 e. The third-order valence-electron chi connectivity index (χ3n) is 5.25. The van der Waals surface area contributed by atoms with E-state index in [0.29, 0.717) is 18.4 Å². The molecule has 4 rings (SSSR count). The number of esters is 1. The van der Waals surface area contributed by atoms with Crippen LogP contribution in [0, 0.1) is 0 Å². The van der Waals surface area contributed by atoms with E-state index >= 15 is 0 Å². The van der Waals surface area contributed by atoms with E-state index in [-0.39, 0.29) is 18.7 Å². The van der Waals surface area contributed by atoms with Crippen LogP contribution in [-0.4, -0.2) is 29.9 Å². The Bertz CT molecular complexity index is 915. The number of carbonyl (C=O) groups excluding carboxylic acids is 2. The predicted molar refractivity (Wildman–Crippen MR) is 90.1 cm³/mol. The second-order valence-electron chi connectivity index (χ2n) is 6.76. The summed E-state index contributed by atoms with van der Waals surface area (Å²) in [5.41, 5.74) is -0.788. The molecule has 0 N–H and O–H groups in total. The molecule has 2 heterocycles. The number of piperidine rings is 1. The topological polar surface area (TPSA) is 46.6 Å². The fraction of sp³-hybridized carbons (Fsp3) is 0.300. The van der Waals surface area contributed by atoms with Gasteiger partial charge in [-0.15, -0.1) is 0 Å². The van der Waals surface area contributed by atoms with Crippen molar-refractivity contribution in [2.75, 3.05) is 13.1 Å². The van der Waals surface area contributed by atoms with E-state index in [4.69, 9.17) is 4.74 Å². The van der Waals surface area contributed by atoms with Crippen LogP contribution >= 0.6 is 0 Å². The lowest BCUT2D eigenvalue weighted by Crippen LogP contribution is -2.45. The summed E-state index contributed by atoms with van der Waals surface area (Å²) in [6.07, 6.45) is -3.88. The minimum atomic E-state index is -4.59. The van der Waals surface area contributed by atoms with E-state index in [1.165, 1.54) is 23.1 Å². The molecule has 2 aromatic carbocycles. The Labute approximate surface area is 153 Å². The highest BCUT2D eigenvalue weighted by molar-refractivity contribution is 5.96. The van der Waals surface area contributed by atoms with Crippen molar-refractivity contribution in [1.29, 1.82) is 0 Å². The van der Waals surface area contributed by atoms with Crippen molar-refractivity contribution in [2.45, 2.75) is 24.6 Å². The Balaban J connectivity index is 1.56. The van der Waals surface area contributed by atoms with Gasteiger partial charge < -0.3 is 9.64 Å². The SMILES string of the molecule is O=C1OC2(CCN(C(=O)c3ccccc3C(F)(F)F)CC2)c2ccccc21.